The molecule has 3 rings (SSSR count). The molecule has 0 saturated carbocycles. The van der Waals surface area contributed by atoms with Crippen LogP contribution >= 0.6 is 0 Å². The number of nitrogens with two attached hydrogens (primary N) is 1. The number of carbonyl (C=O) groups is 2. The fourth-order valence-electron chi connectivity index (χ4n) is 3.57. The van der Waals surface area contributed by atoms with E-state index in [-0.39, 0.29) is 24.0 Å². The highest BCUT2D eigenvalue weighted by Gasteiger charge is 2.26. The van der Waals surface area contributed by atoms with Gasteiger partial charge in [-0.1, -0.05) is 42.5 Å². The largest absolute Gasteiger partial charge is 0.372 e. The van der Waals surface area contributed by atoms with E-state index in [1.807, 2.05) is 61.2 Å². The highest BCUT2D eigenvalue weighted by Crippen LogP contribution is 2.15. The van der Waals surface area contributed by atoms with Gasteiger partial charge in [0, 0.05) is 25.2 Å². The number of morpholine rings is 1. The van der Waals surface area contributed by atoms with E-state index in [1.54, 1.807) is 12.1 Å². The molecule has 2 unspecified atom stereocenters. The van der Waals surface area contributed by atoms with Gasteiger partial charge in [-0.15, -0.1) is 0 Å². The molecule has 0 aliphatic carbocycles. The molecule has 1 aliphatic heterocycles. The van der Waals surface area contributed by atoms with Crippen molar-refractivity contribution in [3.05, 3.63) is 71.3 Å². The van der Waals surface area contributed by atoms with Crippen molar-refractivity contribution in [2.24, 2.45) is 5.73 Å². The summed E-state index contributed by atoms with van der Waals surface area (Å²) in [5.74, 6) is -0.183. The maximum absolute atomic E-state index is 12.7. The molecule has 1 aliphatic rings. The summed E-state index contributed by atoms with van der Waals surface area (Å²) >= 11 is 0. The summed E-state index contributed by atoms with van der Waals surface area (Å²) in [5, 5.41) is 2.87. The van der Waals surface area contributed by atoms with Gasteiger partial charge in [-0.3, -0.25) is 9.59 Å². The second kappa shape index (κ2) is 9.67. The molecule has 154 valence electrons. The Kier molecular flexibility index (Phi) is 7.01. The lowest BCUT2D eigenvalue weighted by molar-refractivity contribution is -0.122. The van der Waals surface area contributed by atoms with Crippen LogP contribution in [0.1, 0.15) is 35.3 Å². The lowest BCUT2D eigenvalue weighted by Gasteiger charge is -2.35. The highest BCUT2D eigenvalue weighted by molar-refractivity contribution is 5.94. The molecule has 1 saturated heterocycles. The van der Waals surface area contributed by atoms with Gasteiger partial charge in [0.05, 0.1) is 18.2 Å². The first kappa shape index (κ1) is 21.0. The molecule has 1 heterocycles. The maximum atomic E-state index is 12.7. The van der Waals surface area contributed by atoms with Crippen LogP contribution in [0.15, 0.2) is 54.6 Å². The first-order valence-corrected chi connectivity index (χ1v) is 10.0. The molecule has 2 aromatic carbocycles. The topological polar surface area (TPSA) is 84.7 Å². The fraction of sp³-hybridized carbons (Fsp3) is 0.391. The summed E-state index contributed by atoms with van der Waals surface area (Å²) in [6, 6.07) is 16.5. The molecule has 2 amide bonds. The van der Waals surface area contributed by atoms with Gasteiger partial charge >= 0.3 is 0 Å². The zero-order valence-corrected chi connectivity index (χ0v) is 17.0. The number of amides is 2. The average Bonchev–Trinajstić information content (AvgIpc) is 2.72. The van der Waals surface area contributed by atoms with Crippen LogP contribution in [0.5, 0.6) is 0 Å². The Labute approximate surface area is 172 Å². The Morgan fingerprint density at radius 2 is 1.66 bits per heavy atom. The minimum atomic E-state index is -0.594. The molecular formula is C23H29N3O3. The summed E-state index contributed by atoms with van der Waals surface area (Å²) in [4.78, 5) is 26.8. The molecule has 3 N–H and O–H groups in total. The number of nitrogens with one attached hydrogen (secondary N) is 1. The number of hydrogen-bond donors (Lipinski definition) is 2. The van der Waals surface area contributed by atoms with Crippen LogP contribution in [0.25, 0.3) is 0 Å². The highest BCUT2D eigenvalue weighted by atomic mass is 16.5. The maximum Gasteiger partial charge on any atom is 0.254 e. The Bertz CT molecular complexity index is 813. The smallest absolute Gasteiger partial charge is 0.254 e. The van der Waals surface area contributed by atoms with Gasteiger partial charge in [0.15, 0.2) is 0 Å². The molecular weight excluding hydrogens is 366 g/mol. The van der Waals surface area contributed by atoms with Crippen molar-refractivity contribution in [2.75, 3.05) is 13.1 Å². The molecule has 29 heavy (non-hydrogen) atoms. The standard InChI is InChI=1S/C23H29N3O3/c1-16-14-26(15-17(2)29-16)23(28)20-10-8-19(9-11-20)13-25-22(27)21(24)12-18-6-4-3-5-7-18/h3-11,16-17,21H,12-15,24H2,1-2H3,(H,25,27)/t16?,17?,21-/m0/s1. The Hall–Kier alpha value is -2.70. The number of benzene rings is 2. The lowest BCUT2D eigenvalue weighted by Crippen LogP contribution is -2.48. The van der Waals surface area contributed by atoms with Gasteiger partial charge in [0.2, 0.25) is 5.91 Å². The quantitative estimate of drug-likeness (QED) is 0.785. The molecule has 0 aromatic heterocycles. The van der Waals surface area contributed by atoms with Crippen molar-refractivity contribution in [1.29, 1.82) is 0 Å². The Morgan fingerprint density at radius 3 is 2.28 bits per heavy atom. The van der Waals surface area contributed by atoms with Crippen molar-refractivity contribution in [1.82, 2.24) is 10.2 Å². The average molecular weight is 396 g/mol. The van der Waals surface area contributed by atoms with Crippen LogP contribution in [-0.4, -0.2) is 48.1 Å². The predicted octanol–water partition coefficient (Wildman–Crippen LogP) is 2.12. The van der Waals surface area contributed by atoms with Gasteiger partial charge in [-0.25, -0.2) is 0 Å². The second-order valence-corrected chi connectivity index (χ2v) is 7.68. The van der Waals surface area contributed by atoms with Crippen molar-refractivity contribution in [2.45, 2.75) is 45.1 Å². The molecule has 0 radical (unpaired) electrons. The summed E-state index contributed by atoms with van der Waals surface area (Å²) in [6.45, 7) is 5.52. The molecule has 3 atom stereocenters. The number of hydrogen-bond acceptors (Lipinski definition) is 4. The van der Waals surface area contributed by atoms with Gasteiger partial charge in [0.25, 0.3) is 5.91 Å². The summed E-state index contributed by atoms with van der Waals surface area (Å²) in [6.07, 6.45) is 0.575. The number of nitrogens with zero attached hydrogens (tertiary/aromatic N) is 1. The normalized spacial score (nSPS) is 20.2. The van der Waals surface area contributed by atoms with Crippen LogP contribution < -0.4 is 11.1 Å². The monoisotopic (exact) mass is 395 g/mol. The van der Waals surface area contributed by atoms with E-state index in [4.69, 9.17) is 10.5 Å². The fourth-order valence-corrected chi connectivity index (χ4v) is 3.57. The zero-order chi connectivity index (χ0) is 20.8. The third-order valence-corrected chi connectivity index (χ3v) is 5.01. The van der Waals surface area contributed by atoms with Crippen LogP contribution in [0.2, 0.25) is 0 Å². The summed E-state index contributed by atoms with van der Waals surface area (Å²) in [5.41, 5.74) is 8.60. The van der Waals surface area contributed by atoms with E-state index < -0.39 is 6.04 Å². The Morgan fingerprint density at radius 1 is 1.03 bits per heavy atom. The van der Waals surface area contributed by atoms with Crippen LogP contribution in [0, 0.1) is 0 Å². The van der Waals surface area contributed by atoms with E-state index >= 15 is 0 Å². The van der Waals surface area contributed by atoms with Crippen LogP contribution in [-0.2, 0) is 22.5 Å². The molecule has 2 aromatic rings. The second-order valence-electron chi connectivity index (χ2n) is 7.68. The van der Waals surface area contributed by atoms with Crippen molar-refractivity contribution < 1.29 is 14.3 Å². The third-order valence-electron chi connectivity index (χ3n) is 5.01. The molecule has 0 bridgehead atoms. The molecule has 1 fully saturated rings. The minimum Gasteiger partial charge on any atom is -0.372 e. The van der Waals surface area contributed by atoms with E-state index in [9.17, 15) is 9.59 Å². The SMILES string of the molecule is CC1CN(C(=O)c2ccc(CNC(=O)[C@@H](N)Cc3ccccc3)cc2)CC(C)O1. The first-order chi connectivity index (χ1) is 13.9. The van der Waals surface area contributed by atoms with Crippen molar-refractivity contribution >= 4 is 11.8 Å². The summed E-state index contributed by atoms with van der Waals surface area (Å²) in [7, 11) is 0. The predicted molar refractivity (Wildman–Crippen MR) is 112 cm³/mol. The van der Waals surface area contributed by atoms with E-state index in [0.717, 1.165) is 11.1 Å². The van der Waals surface area contributed by atoms with Gasteiger partial charge in [-0.05, 0) is 43.5 Å². The van der Waals surface area contributed by atoms with Gasteiger partial charge < -0.3 is 20.7 Å². The van der Waals surface area contributed by atoms with Crippen LogP contribution in [0.4, 0.5) is 0 Å². The lowest BCUT2D eigenvalue weighted by atomic mass is 10.1. The van der Waals surface area contributed by atoms with Gasteiger partial charge in [0.1, 0.15) is 0 Å². The first-order valence-electron chi connectivity index (χ1n) is 10.0. The molecule has 6 heteroatoms. The molecule has 6 nitrogen and oxygen atoms in total. The number of rotatable bonds is 6. The van der Waals surface area contributed by atoms with E-state index in [2.05, 4.69) is 5.32 Å². The zero-order valence-electron chi connectivity index (χ0n) is 17.0. The third kappa shape index (κ3) is 5.89. The van der Waals surface area contributed by atoms with Crippen molar-refractivity contribution in [3.63, 3.8) is 0 Å². The van der Waals surface area contributed by atoms with Crippen LogP contribution in [0.3, 0.4) is 0 Å². The minimum absolute atomic E-state index is 0.00692. The number of carbonyl (C=O) groups excluding carboxylic acids is 2. The molecule has 0 spiro atoms. The van der Waals surface area contributed by atoms with Crippen molar-refractivity contribution in [3.8, 4) is 0 Å². The van der Waals surface area contributed by atoms with E-state index in [0.29, 0.717) is 31.6 Å². The summed E-state index contributed by atoms with van der Waals surface area (Å²) < 4.78 is 5.69. The van der Waals surface area contributed by atoms with E-state index in [1.165, 1.54) is 0 Å². The number of ether oxygens (including phenoxy) is 1. The van der Waals surface area contributed by atoms with Gasteiger partial charge in [-0.2, -0.15) is 0 Å². The Balaban J connectivity index is 1.51.